The van der Waals surface area contributed by atoms with E-state index in [0.717, 1.165) is 57.0 Å². The summed E-state index contributed by atoms with van der Waals surface area (Å²) in [5.41, 5.74) is 3.08. The Morgan fingerprint density at radius 2 is 0.615 bits per heavy atom. The predicted molar refractivity (Wildman–Crippen MR) is 321 cm³/mol. The van der Waals surface area contributed by atoms with Gasteiger partial charge < -0.3 is 20.0 Å². The minimum absolute atomic E-state index is 0. The standard InChI is InChI=1S/C23H16F4N4.C23H14F4N4.C13H12Br2N2.C5H4BF2NO2.Pt/c2*1-23(2,17-7-3-5-15(28-17)13-9-11-19(24)30-21(13)26)18-8-4-6-16(29-18)14-10-12-20(25)31-22(14)27;1-13(2,9-5-3-7-11(14)16-9)10-6-4-8-12(15)17-10;7-4-2-1-3(6(10)11)5(8)9-4;/h3-12H,1-2H3;3-8,11-12H,1-2H3;3-8H,1-2H3;1-2,10-11H;/q;-2;;;+2. The van der Waals surface area contributed by atoms with E-state index in [1.54, 1.807) is 72.8 Å². The van der Waals surface area contributed by atoms with E-state index in [-0.39, 0.29) is 60.1 Å². The molecule has 0 saturated heterocycles. The van der Waals surface area contributed by atoms with E-state index in [2.05, 4.69) is 113 Å². The quantitative estimate of drug-likeness (QED) is 0.0541. The minimum Gasteiger partial charge on any atom is -0.423 e. The maximum absolute atomic E-state index is 14.1. The predicted octanol–water partition coefficient (Wildman–Crippen LogP) is 13.9. The summed E-state index contributed by atoms with van der Waals surface area (Å²) in [6.07, 6.45) is 0. The van der Waals surface area contributed by atoms with Crippen molar-refractivity contribution in [2.24, 2.45) is 0 Å². The molecule has 2 N–H and O–H groups in total. The van der Waals surface area contributed by atoms with Crippen LogP contribution in [-0.2, 0) is 37.3 Å². The largest absolute Gasteiger partial charge is 2.00 e. The van der Waals surface area contributed by atoms with E-state index in [9.17, 15) is 43.9 Å². The Morgan fingerprint density at radius 3 is 0.923 bits per heavy atom. The van der Waals surface area contributed by atoms with Crippen molar-refractivity contribution in [1.29, 1.82) is 0 Å². The van der Waals surface area contributed by atoms with Gasteiger partial charge in [0.1, 0.15) is 33.0 Å². The van der Waals surface area contributed by atoms with Crippen molar-refractivity contribution >= 4 is 44.4 Å². The zero-order valence-electron chi connectivity index (χ0n) is 48.3. The van der Waals surface area contributed by atoms with Gasteiger partial charge in [0.15, 0.2) is 0 Å². The molecule has 13 nitrogen and oxygen atoms in total. The molecular weight excluding hydrogens is 1510 g/mol. The molecule has 0 aliphatic carbocycles. The zero-order chi connectivity index (χ0) is 65.2. The average Bonchev–Trinajstić information content (AvgIpc) is 0.858. The number of hydrogen-bond donors (Lipinski definition) is 2. The maximum atomic E-state index is 14.1. The molecule has 0 atom stereocenters. The van der Waals surface area contributed by atoms with Crippen molar-refractivity contribution in [1.82, 2.24) is 54.8 Å². The van der Waals surface area contributed by atoms with Gasteiger partial charge in [0.05, 0.1) is 45.3 Å². The molecule has 466 valence electrons. The van der Waals surface area contributed by atoms with E-state index < -0.39 is 82.9 Å². The molecule has 0 fully saturated rings. The van der Waals surface area contributed by atoms with Gasteiger partial charge in [-0.1, -0.05) is 77.9 Å². The van der Waals surface area contributed by atoms with Gasteiger partial charge >= 0.3 is 28.2 Å². The first kappa shape index (κ1) is 70.0. The summed E-state index contributed by atoms with van der Waals surface area (Å²) in [6, 6.07) is 45.3. The van der Waals surface area contributed by atoms with Crippen LogP contribution in [0.25, 0.3) is 45.0 Å². The van der Waals surface area contributed by atoms with Crippen molar-refractivity contribution in [2.75, 3.05) is 0 Å². The summed E-state index contributed by atoms with van der Waals surface area (Å²) < 4.78 is 135. The normalized spacial score (nSPS) is 11.2. The van der Waals surface area contributed by atoms with E-state index in [1.807, 2.05) is 64.1 Å². The fraction of sp³-hybridized carbons (Fsp3) is 0.141. The summed E-state index contributed by atoms with van der Waals surface area (Å²) >= 11 is 6.80. The second-order valence-electron chi connectivity index (χ2n) is 20.8. The van der Waals surface area contributed by atoms with E-state index in [1.165, 1.54) is 12.1 Å². The van der Waals surface area contributed by atoms with E-state index in [4.69, 9.17) is 10.0 Å². The zero-order valence-corrected chi connectivity index (χ0v) is 53.7. The van der Waals surface area contributed by atoms with Crippen molar-refractivity contribution in [3.05, 3.63) is 273 Å². The molecule has 0 bridgehead atoms. The first-order valence-corrected chi connectivity index (χ1v) is 28.2. The monoisotopic (exact) mass is 1550 g/mol. The Balaban J connectivity index is 0.000000184. The third-order valence-corrected chi connectivity index (χ3v) is 14.5. The molecule has 91 heavy (non-hydrogen) atoms. The second kappa shape index (κ2) is 30.1. The SMILES string of the molecule is CC(C)(c1cccc(-c2[c-]cc(F)nc2F)n1)c1cccc(-c2[c-]cc(F)nc2F)n1.CC(C)(c1cccc(-c2ccc(F)nc2F)n1)c1cccc(-c2ccc(F)nc2F)n1.CC(C)(c1cccc(Br)n1)c1cccc(Br)n1.OB(O)c1ccc(F)nc1F.[Pt+2]. The van der Waals surface area contributed by atoms with Gasteiger partial charge in [-0.25, -0.2) is 27.5 Å². The first-order chi connectivity index (χ1) is 42.6. The molecule has 0 saturated carbocycles. The topological polar surface area (TPSA) is 182 Å². The Hall–Kier alpha value is -8.42. The van der Waals surface area contributed by atoms with Gasteiger partial charge in [0.2, 0.25) is 35.7 Å². The summed E-state index contributed by atoms with van der Waals surface area (Å²) in [5.74, 6) is -9.93. The average molecular weight is 1560 g/mol. The minimum atomic E-state index is -1.96. The second-order valence-corrected chi connectivity index (χ2v) is 22.4. The molecule has 0 aliphatic rings. The fourth-order valence-electron chi connectivity index (χ4n) is 8.54. The number of aromatic nitrogens is 11. The van der Waals surface area contributed by atoms with Crippen LogP contribution in [0.1, 0.15) is 75.7 Å². The number of nitrogens with zero attached hydrogens (tertiary/aromatic N) is 11. The number of halogens is 12. The third kappa shape index (κ3) is 17.3. The van der Waals surface area contributed by atoms with Crippen LogP contribution >= 0.6 is 31.9 Å². The molecule has 0 radical (unpaired) electrons. The van der Waals surface area contributed by atoms with E-state index >= 15 is 0 Å². The maximum Gasteiger partial charge on any atom is 2.00 e. The molecule has 11 aromatic rings. The van der Waals surface area contributed by atoms with Gasteiger partial charge in [-0.3, -0.25) is 19.9 Å². The van der Waals surface area contributed by atoms with Crippen molar-refractivity contribution in [3.8, 4) is 45.0 Å². The van der Waals surface area contributed by atoms with Gasteiger partial charge in [0.25, 0.3) is 0 Å². The number of pyridine rings is 11. The molecule has 0 amide bonds. The molecular formula is C64H46BBr2F10N11O2Pt. The van der Waals surface area contributed by atoms with Gasteiger partial charge in [-0.2, -0.15) is 41.3 Å². The number of rotatable bonds is 11. The Morgan fingerprint density at radius 1 is 0.330 bits per heavy atom. The fourth-order valence-corrected chi connectivity index (χ4v) is 9.23. The first-order valence-electron chi connectivity index (χ1n) is 26.6. The number of hydrogen-bond acceptors (Lipinski definition) is 13. The van der Waals surface area contributed by atoms with Crippen LogP contribution in [0.2, 0.25) is 0 Å². The molecule has 0 aromatic carbocycles. The van der Waals surface area contributed by atoms with Crippen LogP contribution in [0.3, 0.4) is 0 Å². The molecule has 11 heterocycles. The smallest absolute Gasteiger partial charge is 0.423 e. The van der Waals surface area contributed by atoms with Crippen LogP contribution in [0, 0.1) is 71.6 Å². The van der Waals surface area contributed by atoms with Crippen molar-refractivity contribution < 1.29 is 75.0 Å². The molecule has 11 rings (SSSR count). The van der Waals surface area contributed by atoms with Crippen molar-refractivity contribution in [2.45, 2.75) is 57.8 Å². The van der Waals surface area contributed by atoms with Gasteiger partial charge in [-0.15, -0.1) is 12.1 Å². The summed E-state index contributed by atoms with van der Waals surface area (Å²) in [7, 11) is -1.96. The van der Waals surface area contributed by atoms with Crippen LogP contribution in [0.5, 0.6) is 0 Å². The van der Waals surface area contributed by atoms with Crippen LogP contribution in [-0.4, -0.2) is 72.0 Å². The Labute approximate surface area is 546 Å². The molecule has 0 aliphatic heterocycles. The summed E-state index contributed by atoms with van der Waals surface area (Å²) in [5, 5.41) is 16.9. The molecule has 11 aromatic heterocycles. The van der Waals surface area contributed by atoms with Gasteiger partial charge in [-0.05, 0) is 176 Å². The summed E-state index contributed by atoms with van der Waals surface area (Å²) in [4.78, 5) is 42.6. The Bertz CT molecular complexity index is 3950. The third-order valence-electron chi connectivity index (χ3n) is 13.6. The summed E-state index contributed by atoms with van der Waals surface area (Å²) in [6.45, 7) is 11.7. The van der Waals surface area contributed by atoms with E-state index in [0.29, 0.717) is 34.2 Å². The molecule has 0 unspecified atom stereocenters. The molecule has 0 spiro atoms. The van der Waals surface area contributed by atoms with Crippen LogP contribution in [0.15, 0.2) is 167 Å². The molecule has 27 heteroatoms. The van der Waals surface area contributed by atoms with Crippen LogP contribution in [0.4, 0.5) is 43.9 Å². The van der Waals surface area contributed by atoms with Crippen LogP contribution < -0.4 is 5.46 Å². The Kier molecular flexibility index (Phi) is 23.2. The van der Waals surface area contributed by atoms with Gasteiger partial charge in [0, 0.05) is 33.1 Å². The van der Waals surface area contributed by atoms with Crippen molar-refractivity contribution in [3.63, 3.8) is 0 Å².